The van der Waals surface area contributed by atoms with Crippen molar-refractivity contribution in [3.8, 4) is 0 Å². The lowest BCUT2D eigenvalue weighted by Crippen LogP contribution is -2.52. The van der Waals surface area contributed by atoms with Crippen molar-refractivity contribution in [2.45, 2.75) is 50.1 Å². The van der Waals surface area contributed by atoms with Crippen molar-refractivity contribution in [3.63, 3.8) is 0 Å². The molecule has 2 heterocycles. The fourth-order valence-corrected chi connectivity index (χ4v) is 7.03. The number of nitrogens with zero attached hydrogens (tertiary/aromatic N) is 1. The second kappa shape index (κ2) is 11.6. The minimum atomic E-state index is -3.97. The van der Waals surface area contributed by atoms with Crippen molar-refractivity contribution in [2.75, 3.05) is 18.8 Å². The van der Waals surface area contributed by atoms with Gasteiger partial charge in [0.15, 0.2) is 5.78 Å². The fourth-order valence-electron chi connectivity index (χ4n) is 4.51. The monoisotopic (exact) mass is 556 g/mol. The van der Waals surface area contributed by atoms with E-state index in [-0.39, 0.29) is 35.5 Å². The molecule has 38 heavy (non-hydrogen) atoms. The van der Waals surface area contributed by atoms with Crippen LogP contribution in [0, 0.1) is 5.92 Å². The van der Waals surface area contributed by atoms with Crippen molar-refractivity contribution < 1.29 is 22.8 Å². The summed E-state index contributed by atoms with van der Waals surface area (Å²) in [5.41, 5.74) is 5.99. The molecule has 3 aromatic rings. The van der Waals surface area contributed by atoms with E-state index in [1.807, 2.05) is 38.1 Å². The number of sulfonamides is 1. The van der Waals surface area contributed by atoms with Crippen LogP contribution < -0.4 is 16.4 Å². The molecule has 0 radical (unpaired) electrons. The third-order valence-electron chi connectivity index (χ3n) is 6.45. The number of benzene rings is 2. The van der Waals surface area contributed by atoms with Gasteiger partial charge in [-0.2, -0.15) is 4.31 Å². The number of amides is 2. The summed E-state index contributed by atoms with van der Waals surface area (Å²) in [5, 5.41) is 6.56. The SMILES string of the molecule is CC(C)C[C@H](NC(=O)c1cc2ccccc2s1)C(=O)N[C@@H]1CCCN(S(=O)(=O)c2ccccc2N)CC1=O. The van der Waals surface area contributed by atoms with E-state index in [1.54, 1.807) is 18.2 Å². The van der Waals surface area contributed by atoms with Gasteiger partial charge in [0.05, 0.1) is 23.2 Å². The van der Waals surface area contributed by atoms with E-state index >= 15 is 0 Å². The van der Waals surface area contributed by atoms with Gasteiger partial charge in [0, 0.05) is 11.2 Å². The first-order valence-corrected chi connectivity index (χ1v) is 14.8. The number of hydrogen-bond donors (Lipinski definition) is 3. The first kappa shape index (κ1) is 27.7. The molecule has 4 N–H and O–H groups in total. The van der Waals surface area contributed by atoms with Crippen LogP contribution in [0.3, 0.4) is 0 Å². The molecule has 0 bridgehead atoms. The maximum absolute atomic E-state index is 13.3. The number of para-hydroxylation sites is 1. The molecule has 2 atom stereocenters. The summed E-state index contributed by atoms with van der Waals surface area (Å²) in [7, 11) is -3.97. The number of hydrogen-bond acceptors (Lipinski definition) is 7. The van der Waals surface area contributed by atoms with E-state index < -0.39 is 33.8 Å². The van der Waals surface area contributed by atoms with Gasteiger partial charge in [-0.15, -0.1) is 11.3 Å². The number of fused-ring (bicyclic) bond motifs is 1. The van der Waals surface area contributed by atoms with Crippen LogP contribution in [0.1, 0.15) is 42.8 Å². The van der Waals surface area contributed by atoms with Crippen LogP contribution in [0.15, 0.2) is 59.5 Å². The Kier molecular flexibility index (Phi) is 8.49. The van der Waals surface area contributed by atoms with Crippen molar-refractivity contribution in [3.05, 3.63) is 59.5 Å². The van der Waals surface area contributed by atoms with E-state index in [2.05, 4.69) is 10.6 Å². The number of nitrogens with two attached hydrogens (primary N) is 1. The number of nitrogen functional groups attached to an aromatic ring is 1. The number of nitrogens with one attached hydrogen (secondary N) is 2. The van der Waals surface area contributed by atoms with Gasteiger partial charge in [-0.05, 0) is 54.8 Å². The van der Waals surface area contributed by atoms with Gasteiger partial charge in [0.1, 0.15) is 10.9 Å². The molecule has 1 fully saturated rings. The van der Waals surface area contributed by atoms with Crippen molar-refractivity contribution in [1.29, 1.82) is 0 Å². The van der Waals surface area contributed by atoms with Crippen molar-refractivity contribution in [1.82, 2.24) is 14.9 Å². The fraction of sp³-hybridized carbons (Fsp3) is 0.370. The van der Waals surface area contributed by atoms with E-state index in [0.717, 1.165) is 14.4 Å². The molecule has 1 aliphatic heterocycles. The van der Waals surface area contributed by atoms with Crippen LogP contribution in [-0.2, 0) is 19.6 Å². The lowest BCUT2D eigenvalue weighted by Gasteiger charge is -2.23. The second-order valence-corrected chi connectivity index (χ2v) is 12.8. The molecule has 202 valence electrons. The van der Waals surface area contributed by atoms with E-state index in [9.17, 15) is 22.8 Å². The van der Waals surface area contributed by atoms with Gasteiger partial charge in [0.2, 0.25) is 15.9 Å². The number of carbonyl (C=O) groups is 3. The zero-order valence-corrected chi connectivity index (χ0v) is 23.0. The highest BCUT2D eigenvalue weighted by atomic mass is 32.2. The van der Waals surface area contributed by atoms with E-state index in [4.69, 9.17) is 5.73 Å². The minimum Gasteiger partial charge on any atom is -0.398 e. The van der Waals surface area contributed by atoms with Gasteiger partial charge in [-0.1, -0.05) is 44.2 Å². The Bertz CT molecular complexity index is 1420. The first-order chi connectivity index (χ1) is 18.1. The van der Waals surface area contributed by atoms with Gasteiger partial charge >= 0.3 is 0 Å². The number of thiophene rings is 1. The highest BCUT2D eigenvalue weighted by Gasteiger charge is 2.35. The molecule has 0 spiro atoms. The molecule has 0 unspecified atom stereocenters. The Morgan fingerprint density at radius 1 is 1.13 bits per heavy atom. The number of anilines is 1. The Labute approximate surface area is 226 Å². The summed E-state index contributed by atoms with van der Waals surface area (Å²) >= 11 is 1.35. The van der Waals surface area contributed by atoms with Crippen molar-refractivity contribution >= 4 is 54.7 Å². The number of carbonyl (C=O) groups excluding carboxylic acids is 3. The highest BCUT2D eigenvalue weighted by molar-refractivity contribution is 7.89. The zero-order chi connectivity index (χ0) is 27.4. The topological polar surface area (TPSA) is 139 Å². The Morgan fingerprint density at radius 2 is 1.84 bits per heavy atom. The Hall–Kier alpha value is -3.28. The van der Waals surface area contributed by atoms with Gasteiger partial charge in [-0.25, -0.2) is 8.42 Å². The average molecular weight is 557 g/mol. The molecule has 11 heteroatoms. The zero-order valence-electron chi connectivity index (χ0n) is 21.3. The summed E-state index contributed by atoms with van der Waals surface area (Å²) < 4.78 is 28.4. The molecule has 2 amide bonds. The van der Waals surface area contributed by atoms with Crippen LogP contribution in [-0.4, -0.2) is 55.5 Å². The smallest absolute Gasteiger partial charge is 0.262 e. The molecule has 2 aromatic carbocycles. The molecular formula is C27H32N4O5S2. The average Bonchev–Trinajstić information content (AvgIpc) is 3.22. The second-order valence-electron chi connectivity index (χ2n) is 9.85. The Morgan fingerprint density at radius 3 is 2.55 bits per heavy atom. The van der Waals surface area contributed by atoms with E-state index in [0.29, 0.717) is 24.1 Å². The minimum absolute atomic E-state index is 0.0452. The first-order valence-electron chi connectivity index (χ1n) is 12.5. The van der Waals surface area contributed by atoms with Crippen LogP contribution in [0.4, 0.5) is 5.69 Å². The molecule has 4 rings (SSSR count). The predicted molar refractivity (Wildman–Crippen MR) is 148 cm³/mol. The maximum atomic E-state index is 13.3. The summed E-state index contributed by atoms with van der Waals surface area (Å²) in [6.45, 7) is 3.65. The quantitative estimate of drug-likeness (QED) is 0.364. The molecule has 9 nitrogen and oxygen atoms in total. The largest absolute Gasteiger partial charge is 0.398 e. The van der Waals surface area contributed by atoms with Crippen LogP contribution in [0.25, 0.3) is 10.1 Å². The van der Waals surface area contributed by atoms with Crippen LogP contribution >= 0.6 is 11.3 Å². The molecular weight excluding hydrogens is 524 g/mol. The normalized spacial score (nSPS) is 17.8. The summed E-state index contributed by atoms with van der Waals surface area (Å²) in [6, 6.07) is 13.9. The summed E-state index contributed by atoms with van der Waals surface area (Å²) in [4.78, 5) is 39.8. The molecule has 1 aliphatic rings. The third kappa shape index (κ3) is 6.23. The molecule has 1 aromatic heterocycles. The lowest BCUT2D eigenvalue weighted by molar-refractivity contribution is -0.129. The summed E-state index contributed by atoms with van der Waals surface area (Å²) in [5.74, 6) is -1.12. The van der Waals surface area contributed by atoms with Gasteiger partial charge < -0.3 is 16.4 Å². The lowest BCUT2D eigenvalue weighted by atomic mass is 10.0. The molecule has 1 saturated heterocycles. The van der Waals surface area contributed by atoms with Crippen LogP contribution in [0.5, 0.6) is 0 Å². The standard InChI is InChI=1S/C27H32N4O5S2/c1-17(2)14-21(30-27(34)24-15-18-8-3-5-11-23(18)37-24)26(33)29-20-10-7-13-31(16-22(20)32)38(35,36)25-12-6-4-9-19(25)28/h3-6,8-9,11-12,15,17,20-21H,7,10,13-14,16,28H2,1-2H3,(H,29,33)(H,30,34)/t20-,21+/m1/s1. The molecule has 0 aliphatic carbocycles. The predicted octanol–water partition coefficient (Wildman–Crippen LogP) is 3.17. The maximum Gasteiger partial charge on any atom is 0.262 e. The van der Waals surface area contributed by atoms with Gasteiger partial charge in [0.25, 0.3) is 5.91 Å². The van der Waals surface area contributed by atoms with Crippen molar-refractivity contribution in [2.24, 2.45) is 5.92 Å². The Balaban J connectivity index is 1.45. The number of rotatable bonds is 8. The van der Waals surface area contributed by atoms with E-state index in [1.165, 1.54) is 23.5 Å². The highest BCUT2D eigenvalue weighted by Crippen LogP contribution is 2.26. The number of ketones is 1. The summed E-state index contributed by atoms with van der Waals surface area (Å²) in [6.07, 6.45) is 1.06. The third-order valence-corrected chi connectivity index (χ3v) is 9.49. The molecule has 0 saturated carbocycles. The van der Waals surface area contributed by atoms with Crippen LogP contribution in [0.2, 0.25) is 0 Å². The van der Waals surface area contributed by atoms with Gasteiger partial charge in [-0.3, -0.25) is 14.4 Å². The number of Topliss-reactive ketones (excluding diaryl/α,β-unsaturated/α-hetero) is 1.